The first-order chi connectivity index (χ1) is 12.2. The van der Waals surface area contributed by atoms with Gasteiger partial charge in [0.2, 0.25) is 5.91 Å². The molecule has 5 heteroatoms. The third kappa shape index (κ3) is 4.47. The Morgan fingerprint density at radius 2 is 2.20 bits per heavy atom. The highest BCUT2D eigenvalue weighted by molar-refractivity contribution is 5.76. The first kappa shape index (κ1) is 17.6. The van der Waals surface area contributed by atoms with Crippen LogP contribution in [0.4, 0.5) is 4.39 Å². The molecule has 0 aliphatic carbocycles. The van der Waals surface area contributed by atoms with E-state index >= 15 is 0 Å². The van der Waals surface area contributed by atoms with Gasteiger partial charge in [0.25, 0.3) is 0 Å². The van der Waals surface area contributed by atoms with Crippen molar-refractivity contribution >= 4 is 5.91 Å². The fourth-order valence-electron chi connectivity index (χ4n) is 3.63. The van der Waals surface area contributed by atoms with E-state index in [2.05, 4.69) is 4.98 Å². The molecular weight excluding hydrogens is 317 g/mol. The first-order valence-corrected chi connectivity index (χ1v) is 9.18. The highest BCUT2D eigenvalue weighted by Crippen LogP contribution is 2.22. The molecule has 1 saturated heterocycles. The van der Waals surface area contributed by atoms with Crippen molar-refractivity contribution in [2.24, 2.45) is 5.92 Å². The molecule has 2 aromatic rings. The monoisotopic (exact) mass is 343 g/mol. The molecule has 134 valence electrons. The number of rotatable bonds is 6. The highest BCUT2D eigenvalue weighted by Gasteiger charge is 2.24. The lowest BCUT2D eigenvalue weighted by molar-refractivity contribution is -0.133. The lowest BCUT2D eigenvalue weighted by Gasteiger charge is -2.33. The van der Waals surface area contributed by atoms with E-state index in [1.165, 1.54) is 6.07 Å². The average Bonchev–Trinajstić information content (AvgIpc) is 3.08. The van der Waals surface area contributed by atoms with Gasteiger partial charge < -0.3 is 9.47 Å². The summed E-state index contributed by atoms with van der Waals surface area (Å²) in [5.41, 5.74) is 0.775. The van der Waals surface area contributed by atoms with Gasteiger partial charge in [-0.2, -0.15) is 0 Å². The van der Waals surface area contributed by atoms with Crippen LogP contribution >= 0.6 is 0 Å². The maximum atomic E-state index is 13.8. The molecule has 1 aromatic carbocycles. The number of piperidine rings is 1. The van der Waals surface area contributed by atoms with E-state index in [0.717, 1.165) is 56.6 Å². The van der Waals surface area contributed by atoms with Crippen LogP contribution in [-0.2, 0) is 24.2 Å². The number of imidazole rings is 1. The number of benzene rings is 1. The van der Waals surface area contributed by atoms with E-state index < -0.39 is 0 Å². The van der Waals surface area contributed by atoms with E-state index in [0.29, 0.717) is 12.5 Å². The number of aromatic nitrogens is 2. The topological polar surface area (TPSA) is 38.1 Å². The molecule has 25 heavy (non-hydrogen) atoms. The maximum absolute atomic E-state index is 13.8. The summed E-state index contributed by atoms with van der Waals surface area (Å²) in [7, 11) is 0. The zero-order valence-corrected chi connectivity index (χ0v) is 14.8. The van der Waals surface area contributed by atoms with Gasteiger partial charge in [0.05, 0.1) is 0 Å². The first-order valence-electron chi connectivity index (χ1n) is 9.18. The van der Waals surface area contributed by atoms with Crippen molar-refractivity contribution in [1.82, 2.24) is 14.5 Å². The number of carbonyl (C=O) groups is 1. The number of halogens is 1. The van der Waals surface area contributed by atoms with Crippen LogP contribution in [0.5, 0.6) is 0 Å². The Hall–Kier alpha value is -2.17. The number of aryl methyl sites for hydroxylation is 2. The summed E-state index contributed by atoms with van der Waals surface area (Å²) < 4.78 is 15.7. The normalized spacial score (nSPS) is 17.7. The second kappa shape index (κ2) is 8.28. The van der Waals surface area contributed by atoms with Gasteiger partial charge in [-0.25, -0.2) is 9.37 Å². The Labute approximate surface area is 148 Å². The van der Waals surface area contributed by atoms with E-state index in [9.17, 15) is 9.18 Å². The average molecular weight is 343 g/mol. The summed E-state index contributed by atoms with van der Waals surface area (Å²) in [6, 6.07) is 6.97. The predicted molar refractivity (Wildman–Crippen MR) is 95.6 cm³/mol. The van der Waals surface area contributed by atoms with Crippen LogP contribution in [0.2, 0.25) is 0 Å². The van der Waals surface area contributed by atoms with Crippen molar-refractivity contribution in [1.29, 1.82) is 0 Å². The van der Waals surface area contributed by atoms with Gasteiger partial charge in [-0.1, -0.05) is 25.1 Å². The minimum atomic E-state index is -0.126. The molecule has 4 nitrogen and oxygen atoms in total. The quantitative estimate of drug-likeness (QED) is 0.806. The van der Waals surface area contributed by atoms with Crippen molar-refractivity contribution in [2.75, 3.05) is 13.1 Å². The molecule has 1 aliphatic rings. The minimum absolute atomic E-state index is 0.126. The molecule has 2 heterocycles. The van der Waals surface area contributed by atoms with Crippen molar-refractivity contribution in [3.63, 3.8) is 0 Å². The number of amides is 1. The molecule has 0 saturated carbocycles. The number of nitrogens with zero attached hydrogens (tertiary/aromatic N) is 3. The Morgan fingerprint density at radius 3 is 3.00 bits per heavy atom. The Bertz CT molecular complexity index is 712. The van der Waals surface area contributed by atoms with Crippen LogP contribution in [0.1, 0.15) is 37.6 Å². The molecule has 0 bridgehead atoms. The summed E-state index contributed by atoms with van der Waals surface area (Å²) in [4.78, 5) is 18.9. The molecule has 1 fully saturated rings. The molecule has 1 amide bonds. The Balaban J connectivity index is 1.54. The lowest BCUT2D eigenvalue weighted by Crippen LogP contribution is -2.41. The summed E-state index contributed by atoms with van der Waals surface area (Å²) in [5.74, 6) is 1.42. The van der Waals surface area contributed by atoms with Crippen molar-refractivity contribution in [3.8, 4) is 0 Å². The largest absolute Gasteiger partial charge is 0.341 e. The Morgan fingerprint density at radius 1 is 1.36 bits per heavy atom. The number of hydrogen-bond donors (Lipinski definition) is 0. The van der Waals surface area contributed by atoms with Crippen molar-refractivity contribution < 1.29 is 9.18 Å². The smallest absolute Gasteiger partial charge is 0.242 e. The van der Waals surface area contributed by atoms with Crippen LogP contribution in [0.15, 0.2) is 36.7 Å². The summed E-state index contributed by atoms with van der Waals surface area (Å²) in [5, 5.41) is 0. The van der Waals surface area contributed by atoms with Crippen molar-refractivity contribution in [2.45, 2.75) is 45.6 Å². The van der Waals surface area contributed by atoms with E-state index in [-0.39, 0.29) is 11.7 Å². The fourth-order valence-corrected chi connectivity index (χ4v) is 3.63. The summed E-state index contributed by atoms with van der Waals surface area (Å²) in [6.07, 6.45) is 8.25. The molecular formula is C20H26FN3O. The molecule has 3 rings (SSSR count). The van der Waals surface area contributed by atoms with Crippen LogP contribution < -0.4 is 0 Å². The van der Waals surface area contributed by atoms with Gasteiger partial charge in [0.1, 0.15) is 18.2 Å². The maximum Gasteiger partial charge on any atom is 0.242 e. The van der Waals surface area contributed by atoms with Gasteiger partial charge >= 0.3 is 0 Å². The van der Waals surface area contributed by atoms with Crippen LogP contribution in [0.25, 0.3) is 0 Å². The fraction of sp³-hybridized carbons (Fsp3) is 0.500. The third-order valence-corrected chi connectivity index (χ3v) is 5.07. The second-order valence-electron chi connectivity index (χ2n) is 6.80. The SMILES string of the molecule is CCc1nccn1CC(=O)N1CCCC(CCc2ccccc2F)C1. The highest BCUT2D eigenvalue weighted by atomic mass is 19.1. The standard InChI is InChI=1S/C20H26FN3O/c1-2-19-22-11-13-23(19)15-20(25)24-12-5-6-16(14-24)9-10-17-7-3-4-8-18(17)21/h3-4,7-8,11,13,16H,2,5-6,9-10,12,14-15H2,1H3. The van der Waals surface area contributed by atoms with Crippen molar-refractivity contribution in [3.05, 3.63) is 53.9 Å². The van der Waals surface area contributed by atoms with Gasteiger partial charge in [-0.05, 0) is 43.2 Å². The molecule has 1 aliphatic heterocycles. The van der Waals surface area contributed by atoms with Gasteiger partial charge in [0.15, 0.2) is 0 Å². The van der Waals surface area contributed by atoms with Crippen LogP contribution in [0.3, 0.4) is 0 Å². The molecule has 0 radical (unpaired) electrons. The molecule has 0 N–H and O–H groups in total. The summed E-state index contributed by atoms with van der Waals surface area (Å²) >= 11 is 0. The van der Waals surface area contributed by atoms with Crippen LogP contribution in [-0.4, -0.2) is 33.4 Å². The van der Waals surface area contributed by atoms with Gasteiger partial charge in [0, 0.05) is 31.9 Å². The predicted octanol–water partition coefficient (Wildman–Crippen LogP) is 3.46. The molecule has 1 aromatic heterocycles. The molecule has 1 unspecified atom stereocenters. The summed E-state index contributed by atoms with van der Waals surface area (Å²) in [6.45, 7) is 4.01. The second-order valence-corrected chi connectivity index (χ2v) is 6.80. The lowest BCUT2D eigenvalue weighted by atomic mass is 9.91. The minimum Gasteiger partial charge on any atom is -0.341 e. The van der Waals surface area contributed by atoms with Gasteiger partial charge in [-0.3, -0.25) is 4.79 Å². The molecule has 1 atom stereocenters. The van der Waals surface area contributed by atoms with Gasteiger partial charge in [-0.15, -0.1) is 0 Å². The van der Waals surface area contributed by atoms with Crippen LogP contribution in [0, 0.1) is 11.7 Å². The van der Waals surface area contributed by atoms with E-state index in [4.69, 9.17) is 0 Å². The zero-order chi connectivity index (χ0) is 17.6. The number of hydrogen-bond acceptors (Lipinski definition) is 2. The molecule has 0 spiro atoms. The van der Waals surface area contributed by atoms with E-state index in [1.54, 1.807) is 12.3 Å². The third-order valence-electron chi connectivity index (χ3n) is 5.07. The van der Waals surface area contributed by atoms with E-state index in [1.807, 2.05) is 34.7 Å². The number of carbonyl (C=O) groups excluding carboxylic acids is 1. The zero-order valence-electron chi connectivity index (χ0n) is 14.8. The Kier molecular flexibility index (Phi) is 5.84. The number of likely N-dealkylation sites (tertiary alicyclic amines) is 1.